The maximum atomic E-state index is 5.86. The highest BCUT2D eigenvalue weighted by Crippen LogP contribution is 2.29. The molecule has 0 radical (unpaired) electrons. The zero-order valence-corrected chi connectivity index (χ0v) is 11.0. The summed E-state index contributed by atoms with van der Waals surface area (Å²) < 4.78 is 3.90. The first-order valence-corrected chi connectivity index (χ1v) is 7.02. The molecule has 0 aliphatic carbocycles. The lowest BCUT2D eigenvalue weighted by molar-refractivity contribution is 0.213. The van der Waals surface area contributed by atoms with Crippen LogP contribution in [0.5, 0.6) is 0 Å². The Morgan fingerprint density at radius 2 is 2.18 bits per heavy atom. The second-order valence-electron chi connectivity index (χ2n) is 5.16. The molecular weight excluding hydrogens is 234 g/mol. The Balaban J connectivity index is 1.67. The molecule has 1 aromatic rings. The van der Waals surface area contributed by atoms with Gasteiger partial charge in [0.05, 0.1) is 0 Å². The van der Waals surface area contributed by atoms with Crippen LogP contribution >= 0.6 is 11.5 Å². The van der Waals surface area contributed by atoms with E-state index in [9.17, 15) is 0 Å². The van der Waals surface area contributed by atoms with Crippen LogP contribution in [-0.2, 0) is 6.54 Å². The van der Waals surface area contributed by atoms with Crippen molar-refractivity contribution in [3.05, 3.63) is 5.69 Å². The summed E-state index contributed by atoms with van der Waals surface area (Å²) in [5.74, 6) is 0. The third-order valence-electron chi connectivity index (χ3n) is 4.19. The Hall–Kier alpha value is -0.720. The average molecular weight is 253 g/mol. The van der Waals surface area contributed by atoms with Crippen molar-refractivity contribution >= 4 is 16.5 Å². The average Bonchev–Trinajstić information content (AvgIpc) is 2.78. The normalized spacial score (nSPS) is 30.6. The number of hydrogen-bond acceptors (Lipinski definition) is 6. The Labute approximate surface area is 106 Å². The largest absolute Gasteiger partial charge is 0.388 e. The number of anilines is 1. The molecule has 6 heteroatoms. The fourth-order valence-corrected chi connectivity index (χ4v) is 3.50. The summed E-state index contributed by atoms with van der Waals surface area (Å²) in [6.45, 7) is 3.16. The minimum absolute atomic E-state index is 0.718. The predicted octanol–water partition coefficient (Wildman–Crippen LogP) is 0.789. The summed E-state index contributed by atoms with van der Waals surface area (Å²) in [4.78, 5) is 5.04. The Morgan fingerprint density at radius 1 is 1.35 bits per heavy atom. The standard InChI is InChI=1S/C11H19N5S/c1-15-8-2-3-9(15)6-16(5-4-8)7-10-11(12)17-14-13-10/h8-9H,2-7,12H2,1H3. The van der Waals surface area contributed by atoms with E-state index in [1.165, 1.54) is 30.8 Å². The molecule has 2 bridgehead atoms. The highest BCUT2D eigenvalue weighted by atomic mass is 32.1. The summed E-state index contributed by atoms with van der Waals surface area (Å²) in [5.41, 5.74) is 6.81. The van der Waals surface area contributed by atoms with Crippen LogP contribution in [0.3, 0.4) is 0 Å². The van der Waals surface area contributed by atoms with Crippen molar-refractivity contribution < 1.29 is 0 Å². The van der Waals surface area contributed by atoms with E-state index < -0.39 is 0 Å². The van der Waals surface area contributed by atoms with Crippen LogP contribution in [0, 0.1) is 0 Å². The summed E-state index contributed by atoms with van der Waals surface area (Å²) in [7, 11) is 2.27. The highest BCUT2D eigenvalue weighted by Gasteiger charge is 2.34. The second-order valence-corrected chi connectivity index (χ2v) is 5.94. The Bertz CT molecular complexity index is 393. The van der Waals surface area contributed by atoms with E-state index in [0.29, 0.717) is 0 Å². The van der Waals surface area contributed by atoms with Gasteiger partial charge in [0, 0.05) is 43.3 Å². The fraction of sp³-hybridized carbons (Fsp3) is 0.818. The van der Waals surface area contributed by atoms with Gasteiger partial charge < -0.3 is 5.73 Å². The molecule has 2 N–H and O–H groups in total. The lowest BCUT2D eigenvalue weighted by Gasteiger charge is -2.24. The van der Waals surface area contributed by atoms with Crippen LogP contribution in [-0.4, -0.2) is 51.6 Å². The molecule has 3 rings (SSSR count). The van der Waals surface area contributed by atoms with Gasteiger partial charge in [-0.1, -0.05) is 4.49 Å². The van der Waals surface area contributed by atoms with E-state index in [4.69, 9.17) is 5.73 Å². The topological polar surface area (TPSA) is 58.3 Å². The van der Waals surface area contributed by atoms with Gasteiger partial charge in [-0.25, -0.2) is 0 Å². The fourth-order valence-electron chi connectivity index (χ4n) is 3.06. The number of fused-ring (bicyclic) bond motifs is 2. The smallest absolute Gasteiger partial charge is 0.132 e. The molecule has 17 heavy (non-hydrogen) atoms. The van der Waals surface area contributed by atoms with Crippen molar-refractivity contribution in [2.24, 2.45) is 0 Å². The first kappa shape index (κ1) is 11.4. The van der Waals surface area contributed by atoms with Crippen LogP contribution in [0.4, 0.5) is 5.00 Å². The van der Waals surface area contributed by atoms with Crippen molar-refractivity contribution in [3.8, 4) is 0 Å². The second kappa shape index (κ2) is 4.51. The summed E-state index contributed by atoms with van der Waals surface area (Å²) >= 11 is 1.29. The first-order chi connectivity index (χ1) is 8.24. The highest BCUT2D eigenvalue weighted by molar-refractivity contribution is 7.09. The third kappa shape index (κ3) is 2.17. The molecule has 1 aromatic heterocycles. The molecule has 2 aliphatic rings. The van der Waals surface area contributed by atoms with Gasteiger partial charge in [-0.05, 0) is 26.3 Å². The maximum absolute atomic E-state index is 5.86. The van der Waals surface area contributed by atoms with Crippen LogP contribution in [0.1, 0.15) is 25.0 Å². The van der Waals surface area contributed by atoms with Gasteiger partial charge in [0.1, 0.15) is 10.7 Å². The van der Waals surface area contributed by atoms with Crippen molar-refractivity contribution in [1.82, 2.24) is 19.4 Å². The minimum Gasteiger partial charge on any atom is -0.388 e. The SMILES string of the molecule is CN1C2CCC1CN(Cc1nnsc1N)CC2. The Kier molecular flexibility index (Phi) is 3.02. The van der Waals surface area contributed by atoms with Crippen molar-refractivity contribution in [3.63, 3.8) is 0 Å². The van der Waals surface area contributed by atoms with Gasteiger partial charge >= 0.3 is 0 Å². The summed E-state index contributed by atoms with van der Waals surface area (Å²) in [5, 5.41) is 4.88. The lowest BCUT2D eigenvalue weighted by Crippen LogP contribution is -2.36. The predicted molar refractivity (Wildman–Crippen MR) is 68.8 cm³/mol. The third-order valence-corrected chi connectivity index (χ3v) is 4.79. The molecular formula is C11H19N5S. The Morgan fingerprint density at radius 3 is 2.94 bits per heavy atom. The molecule has 2 saturated heterocycles. The van der Waals surface area contributed by atoms with E-state index >= 15 is 0 Å². The molecule has 2 aliphatic heterocycles. The number of nitrogens with zero attached hydrogens (tertiary/aromatic N) is 4. The molecule has 5 nitrogen and oxygen atoms in total. The molecule has 0 aromatic carbocycles. The van der Waals surface area contributed by atoms with Crippen LogP contribution < -0.4 is 5.73 Å². The summed E-state index contributed by atoms with van der Waals surface area (Å²) in [6.07, 6.45) is 3.97. The van der Waals surface area contributed by atoms with Crippen molar-refractivity contribution in [2.45, 2.75) is 37.9 Å². The number of aromatic nitrogens is 2. The molecule has 2 atom stereocenters. The van der Waals surface area contributed by atoms with Gasteiger partial charge in [-0.2, -0.15) is 0 Å². The maximum Gasteiger partial charge on any atom is 0.132 e. The van der Waals surface area contributed by atoms with E-state index in [0.717, 1.165) is 42.4 Å². The van der Waals surface area contributed by atoms with Gasteiger partial charge in [0.25, 0.3) is 0 Å². The molecule has 94 valence electrons. The van der Waals surface area contributed by atoms with E-state index in [1.807, 2.05) is 0 Å². The number of likely N-dealkylation sites (N-methyl/N-ethyl adjacent to an activating group) is 1. The summed E-state index contributed by atoms with van der Waals surface area (Å²) in [6, 6.07) is 1.51. The van der Waals surface area contributed by atoms with Crippen molar-refractivity contribution in [2.75, 3.05) is 25.9 Å². The van der Waals surface area contributed by atoms with E-state index in [2.05, 4.69) is 26.4 Å². The van der Waals surface area contributed by atoms with Gasteiger partial charge in [0.2, 0.25) is 0 Å². The molecule has 0 amide bonds. The quantitative estimate of drug-likeness (QED) is 0.844. The number of nitrogens with two attached hydrogens (primary N) is 1. The first-order valence-electron chi connectivity index (χ1n) is 6.25. The van der Waals surface area contributed by atoms with Gasteiger partial charge in [-0.15, -0.1) is 5.10 Å². The molecule has 0 spiro atoms. The minimum atomic E-state index is 0.718. The molecule has 0 saturated carbocycles. The van der Waals surface area contributed by atoms with Gasteiger partial charge in [-0.3, -0.25) is 9.80 Å². The van der Waals surface area contributed by atoms with Crippen LogP contribution in [0.15, 0.2) is 0 Å². The van der Waals surface area contributed by atoms with E-state index in [1.54, 1.807) is 0 Å². The number of rotatable bonds is 2. The lowest BCUT2D eigenvalue weighted by atomic mass is 10.1. The molecule has 2 unspecified atom stereocenters. The van der Waals surface area contributed by atoms with E-state index in [-0.39, 0.29) is 0 Å². The molecule has 3 heterocycles. The van der Waals surface area contributed by atoms with Gasteiger partial charge in [0.15, 0.2) is 0 Å². The van der Waals surface area contributed by atoms with Crippen LogP contribution in [0.25, 0.3) is 0 Å². The molecule has 2 fully saturated rings. The number of hydrogen-bond donors (Lipinski definition) is 1. The zero-order valence-electron chi connectivity index (χ0n) is 10.2. The van der Waals surface area contributed by atoms with Crippen LogP contribution in [0.2, 0.25) is 0 Å². The van der Waals surface area contributed by atoms with Crippen molar-refractivity contribution in [1.29, 1.82) is 0 Å². The number of likely N-dealkylation sites (tertiary alicyclic amines) is 1. The number of nitrogen functional groups attached to an aromatic ring is 1. The zero-order chi connectivity index (χ0) is 11.8. The monoisotopic (exact) mass is 253 g/mol.